The van der Waals surface area contributed by atoms with Gasteiger partial charge in [-0.05, 0) is 6.07 Å². The number of nitrogens with zero attached hydrogens (tertiary/aromatic N) is 1. The van der Waals surface area contributed by atoms with E-state index in [1.54, 1.807) is 0 Å². The molecule has 1 aliphatic heterocycles. The Morgan fingerprint density at radius 2 is 2.11 bits per heavy atom. The van der Waals surface area contributed by atoms with Crippen molar-refractivity contribution in [3.8, 4) is 0 Å². The molecule has 0 aromatic carbocycles. The Bertz CT molecular complexity index is 594. The second kappa shape index (κ2) is 4.92. The first-order valence-electron chi connectivity index (χ1n) is 5.48. The monoisotopic (exact) mass is 265 g/mol. The fraction of sp³-hybridized carbons (Fsp3) is 0.273. The van der Waals surface area contributed by atoms with E-state index in [-0.39, 0.29) is 18.7 Å². The van der Waals surface area contributed by atoms with Crippen LogP contribution in [0.5, 0.6) is 0 Å². The summed E-state index contributed by atoms with van der Waals surface area (Å²) in [5.74, 6) is -2.30. The molecule has 8 heteroatoms. The first kappa shape index (κ1) is 12.8. The standard InChI is InChI=1S/C11H11N3O5/c15-8-3-6(1-2-12-8)10(17)14-5-9(16)13-4-7(14)11(18)19/h1-3,7H,4-5H2,(H,12,15)(H,13,16)(H,18,19). The highest BCUT2D eigenvalue weighted by Gasteiger charge is 2.35. The van der Waals surface area contributed by atoms with E-state index in [4.69, 9.17) is 5.11 Å². The Morgan fingerprint density at radius 1 is 1.37 bits per heavy atom. The lowest BCUT2D eigenvalue weighted by atomic mass is 10.1. The summed E-state index contributed by atoms with van der Waals surface area (Å²) in [6, 6.07) is 1.28. The molecule has 19 heavy (non-hydrogen) atoms. The van der Waals surface area contributed by atoms with Gasteiger partial charge in [-0.25, -0.2) is 4.79 Å². The number of rotatable bonds is 2. The fourth-order valence-corrected chi connectivity index (χ4v) is 1.82. The molecule has 1 saturated heterocycles. The number of pyridine rings is 1. The first-order valence-corrected chi connectivity index (χ1v) is 5.48. The van der Waals surface area contributed by atoms with Crippen LogP contribution in [0.15, 0.2) is 23.1 Å². The summed E-state index contributed by atoms with van der Waals surface area (Å²) in [6.07, 6.45) is 1.29. The van der Waals surface area contributed by atoms with Gasteiger partial charge in [0.1, 0.15) is 12.6 Å². The smallest absolute Gasteiger partial charge is 0.328 e. The zero-order chi connectivity index (χ0) is 14.0. The summed E-state index contributed by atoms with van der Waals surface area (Å²) >= 11 is 0. The lowest BCUT2D eigenvalue weighted by Crippen LogP contribution is -2.59. The van der Waals surface area contributed by atoms with E-state index < -0.39 is 29.4 Å². The van der Waals surface area contributed by atoms with E-state index in [1.807, 2.05) is 0 Å². The number of aromatic amines is 1. The van der Waals surface area contributed by atoms with E-state index in [9.17, 15) is 19.2 Å². The van der Waals surface area contributed by atoms with Crippen LogP contribution in [-0.2, 0) is 9.59 Å². The van der Waals surface area contributed by atoms with Crippen LogP contribution in [0.4, 0.5) is 0 Å². The minimum Gasteiger partial charge on any atom is -0.480 e. The van der Waals surface area contributed by atoms with Crippen LogP contribution in [0.1, 0.15) is 10.4 Å². The molecule has 0 aliphatic carbocycles. The van der Waals surface area contributed by atoms with Gasteiger partial charge in [0.15, 0.2) is 0 Å². The predicted molar refractivity (Wildman–Crippen MR) is 62.5 cm³/mol. The lowest BCUT2D eigenvalue weighted by Gasteiger charge is -2.32. The second-order valence-corrected chi connectivity index (χ2v) is 4.03. The Morgan fingerprint density at radius 3 is 2.74 bits per heavy atom. The van der Waals surface area contributed by atoms with Crippen molar-refractivity contribution < 1.29 is 19.5 Å². The normalized spacial score (nSPS) is 18.8. The van der Waals surface area contributed by atoms with Gasteiger partial charge in [0.2, 0.25) is 11.5 Å². The van der Waals surface area contributed by atoms with Crippen molar-refractivity contribution in [1.29, 1.82) is 0 Å². The van der Waals surface area contributed by atoms with Crippen LogP contribution in [0.3, 0.4) is 0 Å². The van der Waals surface area contributed by atoms with Crippen LogP contribution in [0.25, 0.3) is 0 Å². The Balaban J connectivity index is 2.31. The van der Waals surface area contributed by atoms with Gasteiger partial charge in [-0.1, -0.05) is 0 Å². The maximum atomic E-state index is 12.1. The molecule has 100 valence electrons. The number of hydrogen-bond donors (Lipinski definition) is 3. The van der Waals surface area contributed by atoms with Crippen LogP contribution in [-0.4, -0.2) is 51.9 Å². The van der Waals surface area contributed by atoms with Gasteiger partial charge < -0.3 is 20.3 Å². The molecule has 1 aromatic rings. The number of nitrogens with one attached hydrogen (secondary N) is 2. The topological polar surface area (TPSA) is 120 Å². The van der Waals surface area contributed by atoms with Crippen molar-refractivity contribution in [3.63, 3.8) is 0 Å². The maximum Gasteiger partial charge on any atom is 0.328 e. The van der Waals surface area contributed by atoms with Crippen molar-refractivity contribution >= 4 is 17.8 Å². The number of H-pyrrole nitrogens is 1. The molecular formula is C11H11N3O5. The van der Waals surface area contributed by atoms with Gasteiger partial charge in [-0.15, -0.1) is 0 Å². The highest BCUT2D eigenvalue weighted by molar-refractivity contribution is 5.99. The Hall–Kier alpha value is -2.64. The number of carboxylic acids is 1. The molecule has 1 aromatic heterocycles. The average molecular weight is 265 g/mol. The minimum absolute atomic E-state index is 0.0460. The SMILES string of the molecule is O=C1CN(C(=O)c2cc[nH]c(=O)c2)C(C(=O)O)CN1. The first-order chi connectivity index (χ1) is 8.99. The zero-order valence-corrected chi connectivity index (χ0v) is 9.75. The summed E-state index contributed by atoms with van der Waals surface area (Å²) < 4.78 is 0. The summed E-state index contributed by atoms with van der Waals surface area (Å²) in [4.78, 5) is 48.9. The molecule has 1 aliphatic rings. The highest BCUT2D eigenvalue weighted by Crippen LogP contribution is 2.10. The highest BCUT2D eigenvalue weighted by atomic mass is 16.4. The quantitative estimate of drug-likeness (QED) is 0.595. The predicted octanol–water partition coefficient (Wildman–Crippen LogP) is -1.60. The molecule has 0 spiro atoms. The number of piperazine rings is 1. The largest absolute Gasteiger partial charge is 0.480 e. The van der Waals surface area contributed by atoms with Crippen molar-refractivity contribution in [1.82, 2.24) is 15.2 Å². The van der Waals surface area contributed by atoms with Crippen LogP contribution < -0.4 is 10.9 Å². The van der Waals surface area contributed by atoms with Crippen molar-refractivity contribution in [3.05, 3.63) is 34.2 Å². The van der Waals surface area contributed by atoms with E-state index in [0.717, 1.165) is 11.0 Å². The van der Waals surface area contributed by atoms with E-state index in [2.05, 4.69) is 10.3 Å². The molecule has 3 N–H and O–H groups in total. The maximum absolute atomic E-state index is 12.1. The molecule has 1 atom stereocenters. The average Bonchev–Trinajstić information content (AvgIpc) is 2.37. The van der Waals surface area contributed by atoms with Crippen molar-refractivity contribution in [2.24, 2.45) is 0 Å². The van der Waals surface area contributed by atoms with Crippen LogP contribution in [0, 0.1) is 0 Å². The van der Waals surface area contributed by atoms with E-state index in [0.29, 0.717) is 0 Å². The second-order valence-electron chi connectivity index (χ2n) is 4.03. The lowest BCUT2D eigenvalue weighted by molar-refractivity contribution is -0.144. The fourth-order valence-electron chi connectivity index (χ4n) is 1.82. The number of carbonyl (C=O) groups is 3. The van der Waals surface area contributed by atoms with Gasteiger partial charge in [-0.2, -0.15) is 0 Å². The third-order valence-electron chi connectivity index (χ3n) is 2.75. The molecule has 1 fully saturated rings. The van der Waals surface area contributed by atoms with Gasteiger partial charge >= 0.3 is 5.97 Å². The molecule has 2 rings (SSSR count). The number of aliphatic carboxylic acids is 1. The number of amides is 2. The zero-order valence-electron chi connectivity index (χ0n) is 9.75. The Labute approximate surface area is 107 Å². The molecule has 2 amide bonds. The number of aromatic nitrogens is 1. The molecule has 0 saturated carbocycles. The van der Waals surface area contributed by atoms with E-state index >= 15 is 0 Å². The summed E-state index contributed by atoms with van der Waals surface area (Å²) in [6.45, 7) is -0.494. The van der Waals surface area contributed by atoms with Gasteiger partial charge in [0.05, 0.1) is 0 Å². The molecular weight excluding hydrogens is 254 g/mol. The van der Waals surface area contributed by atoms with Gasteiger partial charge in [0, 0.05) is 24.4 Å². The molecule has 2 heterocycles. The minimum atomic E-state index is -1.21. The summed E-state index contributed by atoms with van der Waals surface area (Å²) in [5.41, 5.74) is -0.427. The van der Waals surface area contributed by atoms with Gasteiger partial charge in [0.25, 0.3) is 5.91 Å². The van der Waals surface area contributed by atoms with Gasteiger partial charge in [-0.3, -0.25) is 14.4 Å². The van der Waals surface area contributed by atoms with Crippen molar-refractivity contribution in [2.75, 3.05) is 13.1 Å². The number of carbonyl (C=O) groups excluding carboxylic acids is 2. The van der Waals surface area contributed by atoms with Crippen LogP contribution >= 0.6 is 0 Å². The molecule has 0 radical (unpaired) electrons. The third-order valence-corrected chi connectivity index (χ3v) is 2.75. The summed E-state index contributed by atoms with van der Waals surface area (Å²) in [5, 5.41) is 11.4. The summed E-state index contributed by atoms with van der Waals surface area (Å²) in [7, 11) is 0. The molecule has 0 bridgehead atoms. The number of hydrogen-bond acceptors (Lipinski definition) is 4. The van der Waals surface area contributed by atoms with Crippen molar-refractivity contribution in [2.45, 2.75) is 6.04 Å². The van der Waals surface area contributed by atoms with Crippen LogP contribution in [0.2, 0.25) is 0 Å². The van der Waals surface area contributed by atoms with E-state index in [1.165, 1.54) is 12.3 Å². The molecule has 1 unspecified atom stereocenters. The third kappa shape index (κ3) is 2.62. The Kier molecular flexibility index (Phi) is 3.32. The molecule has 8 nitrogen and oxygen atoms in total. The number of carboxylic acid groups (broad SMARTS) is 1.